The number of carbonyl (C=O) groups is 2. The zero-order chi connectivity index (χ0) is 46.2. The summed E-state index contributed by atoms with van der Waals surface area (Å²) in [6, 6.07) is 27.9. The number of halogens is 8. The minimum atomic E-state index is -6.00. The maximum absolute atomic E-state index is 14.2. The monoisotopic (exact) mass is 975 g/mol. The SMILES string of the molecule is CC(=O)[O-].CC(=O)[O-].CC(C)(C)c1cc(CN(Cc2ccccn2)Cc2ccccn2)c([O-])c(CN(Cc2ccccn2)Cc2ccccn2)c1.F[B-](F)(F)F.F[B-](F)(F)F.[Fe+3].[Fe+4]. The molecule has 0 atom stereocenters. The van der Waals surface area contributed by atoms with E-state index in [0.717, 1.165) is 53.3 Å². The van der Waals surface area contributed by atoms with E-state index >= 15 is 0 Å². The van der Waals surface area contributed by atoms with Crippen molar-refractivity contribution in [1.82, 2.24) is 29.7 Å². The van der Waals surface area contributed by atoms with Gasteiger partial charge in [0, 0.05) is 76.0 Å². The maximum atomic E-state index is 14.2. The van der Waals surface area contributed by atoms with E-state index in [-0.39, 0.29) is 45.3 Å². The third-order valence-electron chi connectivity index (χ3n) is 7.34. The number of hydrogen-bond donors (Lipinski definition) is 0. The number of pyridine rings is 4. The molecular weight excluding hydrogens is 930 g/mol. The van der Waals surface area contributed by atoms with Crippen LogP contribution in [0, 0.1) is 0 Å². The summed E-state index contributed by atoms with van der Waals surface area (Å²) < 4.78 is 78.0. The number of aromatic nitrogens is 4. The first kappa shape index (κ1) is 60.2. The summed E-state index contributed by atoms with van der Waals surface area (Å²) in [6.45, 7) is 11.9. The van der Waals surface area contributed by atoms with Crippen molar-refractivity contribution in [2.75, 3.05) is 0 Å². The molecule has 4 heterocycles. The third kappa shape index (κ3) is 32.4. The molecule has 0 amide bonds. The fourth-order valence-electron chi connectivity index (χ4n) is 5.12. The van der Waals surface area contributed by atoms with E-state index in [1.807, 2.05) is 97.6 Å². The third-order valence-corrected chi connectivity index (χ3v) is 7.34. The molecule has 0 saturated carbocycles. The molecule has 0 bridgehead atoms. The van der Waals surface area contributed by atoms with E-state index in [0.29, 0.717) is 39.3 Å². The van der Waals surface area contributed by atoms with Crippen molar-refractivity contribution < 1.29 is 93.6 Å². The van der Waals surface area contributed by atoms with Crippen LogP contribution in [0.4, 0.5) is 34.5 Å². The van der Waals surface area contributed by atoms with Gasteiger partial charge in [-0.2, -0.15) is 0 Å². The van der Waals surface area contributed by atoms with Gasteiger partial charge in [-0.3, -0.25) is 29.7 Å². The smallest absolute Gasteiger partial charge is 0.872 e. The molecule has 5 rings (SSSR count). The minimum Gasteiger partial charge on any atom is -0.872 e. The number of hydrogen-bond acceptors (Lipinski definition) is 11. The Balaban J connectivity index is 0. The van der Waals surface area contributed by atoms with Gasteiger partial charge >= 0.3 is 48.6 Å². The number of carboxylic acids is 2. The van der Waals surface area contributed by atoms with Gasteiger partial charge in [0.25, 0.3) is 0 Å². The molecule has 0 saturated heterocycles. The molecule has 0 unspecified atom stereocenters. The fourth-order valence-corrected chi connectivity index (χ4v) is 5.12. The molecule has 0 aliphatic rings. The second kappa shape index (κ2) is 30.2. The van der Waals surface area contributed by atoms with Gasteiger partial charge in [-0.1, -0.05) is 62.9 Å². The number of rotatable bonds is 12. The van der Waals surface area contributed by atoms with E-state index in [4.69, 9.17) is 19.8 Å². The molecule has 1 radical (unpaired) electrons. The van der Waals surface area contributed by atoms with Crippen LogP contribution in [0.15, 0.2) is 110 Å². The first-order valence-corrected chi connectivity index (χ1v) is 18.3. The predicted octanol–water partition coefficient (Wildman–Crippen LogP) is 6.15. The molecule has 1 aromatic carbocycles. The van der Waals surface area contributed by atoms with Crippen LogP contribution in [0.2, 0.25) is 0 Å². The first-order chi connectivity index (χ1) is 28.3. The molecule has 23 heteroatoms. The van der Waals surface area contributed by atoms with E-state index in [2.05, 4.69) is 62.6 Å². The van der Waals surface area contributed by atoms with Crippen LogP contribution >= 0.6 is 0 Å². The summed E-state index contributed by atoms with van der Waals surface area (Å²) in [5.41, 5.74) is 6.39. The molecule has 11 nitrogen and oxygen atoms in total. The van der Waals surface area contributed by atoms with Crippen LogP contribution in [0.5, 0.6) is 5.75 Å². The summed E-state index contributed by atoms with van der Waals surface area (Å²) in [4.78, 5) is 40.5. The number of benzene rings is 1. The van der Waals surface area contributed by atoms with Crippen molar-refractivity contribution >= 4 is 26.4 Å². The van der Waals surface area contributed by atoms with Gasteiger partial charge in [-0.15, -0.1) is 0 Å². The Morgan fingerprint density at radius 1 is 0.540 bits per heavy atom. The molecule has 0 fully saturated rings. The van der Waals surface area contributed by atoms with Gasteiger partial charge in [-0.05, 0) is 84.5 Å². The van der Waals surface area contributed by atoms with Crippen LogP contribution in [0.3, 0.4) is 0 Å². The van der Waals surface area contributed by atoms with Crippen molar-refractivity contribution in [3.05, 3.63) is 149 Å². The van der Waals surface area contributed by atoms with E-state index < -0.39 is 26.4 Å². The standard InChI is InChI=1S/C36H40N6O.2C2H4O2.2BF4.2Fe/c1-36(2,3)30-20-28(22-41(24-31-12-4-8-16-37-31)25-32-13-5-9-17-38-32)35(43)29(21-30)23-42(26-33-14-6-10-18-39-33)27-34-15-7-11-19-40-34;2*1-2(3)4;2*2-1(3,4)5;;/h4-21,43H,22-27H2,1-3H3;2*1H3,(H,3,4);;;;/q;;;2*-1;+3;+4/p-3. The van der Waals surface area contributed by atoms with Crippen molar-refractivity contribution in [3.8, 4) is 5.75 Å². The minimum absolute atomic E-state index is 0. The van der Waals surface area contributed by atoms with Crippen molar-refractivity contribution in [2.24, 2.45) is 0 Å². The van der Waals surface area contributed by atoms with Crippen molar-refractivity contribution in [2.45, 2.75) is 79.3 Å². The summed E-state index contributed by atoms with van der Waals surface area (Å²) in [7, 11) is -12.0. The molecule has 0 aliphatic carbocycles. The van der Waals surface area contributed by atoms with Crippen LogP contribution < -0.4 is 15.3 Å². The zero-order valence-corrected chi connectivity index (χ0v) is 37.0. The number of carboxylic acid groups (broad SMARTS) is 2. The molecule has 0 spiro atoms. The van der Waals surface area contributed by atoms with E-state index in [1.54, 1.807) is 0 Å². The largest absolute Gasteiger partial charge is 4.00 e. The van der Waals surface area contributed by atoms with Crippen molar-refractivity contribution in [3.63, 3.8) is 0 Å². The Morgan fingerprint density at radius 3 is 0.937 bits per heavy atom. The molecule has 341 valence electrons. The molecule has 0 aliphatic heterocycles. The fraction of sp³-hybridized carbons (Fsp3) is 0.300. The van der Waals surface area contributed by atoms with Gasteiger partial charge < -0.3 is 59.4 Å². The van der Waals surface area contributed by atoms with Crippen LogP contribution in [-0.2, 0) is 88.4 Å². The van der Waals surface area contributed by atoms with E-state index in [9.17, 15) is 39.6 Å². The number of aliphatic carboxylic acids is 2. The summed E-state index contributed by atoms with van der Waals surface area (Å²) >= 11 is 0. The molecule has 63 heavy (non-hydrogen) atoms. The van der Waals surface area contributed by atoms with E-state index in [1.165, 1.54) is 0 Å². The topological polar surface area (TPSA) is 161 Å². The molecular formula is C40H45B2F8Fe2N6O5+2. The molecule has 4 aromatic heterocycles. The quantitative estimate of drug-likeness (QED) is 0.104. The summed E-state index contributed by atoms with van der Waals surface area (Å²) in [6.07, 6.45) is 7.24. The average molecular weight is 975 g/mol. The van der Waals surface area contributed by atoms with Gasteiger partial charge in [0.05, 0.1) is 22.8 Å². The van der Waals surface area contributed by atoms with Crippen LogP contribution in [0.1, 0.15) is 74.1 Å². The molecule has 5 aromatic rings. The average Bonchev–Trinajstić information content (AvgIpc) is 3.13. The second-order valence-electron chi connectivity index (χ2n) is 13.9. The Hall–Kier alpha value is -4.91. The Bertz CT molecular complexity index is 1780. The Kier molecular flexibility index (Phi) is 28.9. The normalized spacial score (nSPS) is 10.7. The maximum Gasteiger partial charge on any atom is 4.00 e. The number of nitrogens with zero attached hydrogens (tertiary/aromatic N) is 6. The Morgan fingerprint density at radius 2 is 0.762 bits per heavy atom. The van der Waals surface area contributed by atoms with Crippen LogP contribution in [0.25, 0.3) is 0 Å². The molecule has 0 N–H and O–H groups in total. The van der Waals surface area contributed by atoms with Gasteiger partial charge in [0.15, 0.2) is 0 Å². The van der Waals surface area contributed by atoms with Crippen molar-refractivity contribution in [1.29, 1.82) is 0 Å². The summed E-state index contributed by atoms with van der Waals surface area (Å²) in [5, 5.41) is 32.0. The zero-order valence-electron chi connectivity index (χ0n) is 34.7. The van der Waals surface area contributed by atoms with Gasteiger partial charge in [0.2, 0.25) is 0 Å². The van der Waals surface area contributed by atoms with Gasteiger partial charge in [-0.25, -0.2) is 0 Å². The second-order valence-corrected chi connectivity index (χ2v) is 13.9. The van der Waals surface area contributed by atoms with Crippen LogP contribution in [-0.4, -0.2) is 56.2 Å². The first-order valence-electron chi connectivity index (χ1n) is 18.3. The summed E-state index contributed by atoms with van der Waals surface area (Å²) in [5.74, 6) is -2.09. The van der Waals surface area contributed by atoms with Gasteiger partial charge in [0.1, 0.15) is 0 Å². The number of carbonyl (C=O) groups excluding carboxylic acids is 2. The predicted molar refractivity (Wildman–Crippen MR) is 209 cm³/mol. The Labute approximate surface area is 382 Å².